The van der Waals surface area contributed by atoms with Gasteiger partial charge in [-0.2, -0.15) is 0 Å². The second-order valence-electron chi connectivity index (χ2n) is 7.48. The summed E-state index contributed by atoms with van der Waals surface area (Å²) in [5.74, 6) is 0. The Labute approximate surface area is 169 Å². The van der Waals surface area contributed by atoms with Crippen molar-refractivity contribution < 1.29 is 4.79 Å². The van der Waals surface area contributed by atoms with Crippen LogP contribution in [0.4, 0.5) is 15.1 Å². The Balaban J connectivity index is 1.26. The highest BCUT2D eigenvalue weighted by atomic mass is 32.1. The van der Waals surface area contributed by atoms with Gasteiger partial charge in [0.05, 0.1) is 0 Å². The third kappa shape index (κ3) is 4.77. The molecular formula is C19H27N7OS. The van der Waals surface area contributed by atoms with Crippen molar-refractivity contribution in [3.8, 4) is 0 Å². The molecule has 2 aromatic rings. The average Bonchev–Trinajstić information content (AvgIpc) is 3.36. The number of hydrogen-bond acceptors (Lipinski definition) is 7. The lowest BCUT2D eigenvalue weighted by Crippen LogP contribution is -2.46. The summed E-state index contributed by atoms with van der Waals surface area (Å²) in [4.78, 5) is 21.1. The molecule has 1 aliphatic heterocycles. The van der Waals surface area contributed by atoms with Crippen molar-refractivity contribution in [3.63, 3.8) is 0 Å². The molecule has 2 fully saturated rings. The number of piperazine rings is 1. The molecule has 9 heteroatoms. The van der Waals surface area contributed by atoms with E-state index in [4.69, 9.17) is 0 Å². The van der Waals surface area contributed by atoms with Crippen molar-refractivity contribution >= 4 is 27.6 Å². The molecule has 3 heterocycles. The molecule has 1 saturated carbocycles. The molecule has 2 amide bonds. The van der Waals surface area contributed by atoms with Gasteiger partial charge in [-0.25, -0.2) is 4.79 Å². The number of carbonyl (C=O) groups is 1. The minimum Gasteiger partial charge on any atom is -0.344 e. The predicted octanol–water partition coefficient (Wildman–Crippen LogP) is 2.63. The van der Waals surface area contributed by atoms with E-state index in [1.165, 1.54) is 29.7 Å². The third-order valence-electron chi connectivity index (χ3n) is 5.48. The van der Waals surface area contributed by atoms with Crippen LogP contribution in [0, 0.1) is 6.92 Å². The zero-order chi connectivity index (χ0) is 19.3. The molecule has 0 radical (unpaired) electrons. The summed E-state index contributed by atoms with van der Waals surface area (Å²) in [6.45, 7) is 6.74. The van der Waals surface area contributed by atoms with Crippen molar-refractivity contribution in [1.29, 1.82) is 0 Å². The van der Waals surface area contributed by atoms with Crippen molar-refractivity contribution in [3.05, 3.63) is 29.6 Å². The van der Waals surface area contributed by atoms with Crippen molar-refractivity contribution in [2.75, 3.05) is 36.4 Å². The van der Waals surface area contributed by atoms with E-state index in [-0.39, 0.29) is 6.03 Å². The molecular weight excluding hydrogens is 374 g/mol. The molecule has 2 aliphatic rings. The normalized spacial score (nSPS) is 18.4. The van der Waals surface area contributed by atoms with Gasteiger partial charge in [0.2, 0.25) is 10.3 Å². The largest absolute Gasteiger partial charge is 0.344 e. The molecule has 8 nitrogen and oxygen atoms in total. The van der Waals surface area contributed by atoms with Gasteiger partial charge in [-0.3, -0.25) is 15.2 Å². The van der Waals surface area contributed by atoms with E-state index in [0.29, 0.717) is 11.2 Å². The van der Waals surface area contributed by atoms with Crippen LogP contribution in [0.1, 0.15) is 36.9 Å². The van der Waals surface area contributed by atoms with Crippen LogP contribution in [0.5, 0.6) is 0 Å². The lowest BCUT2D eigenvalue weighted by Gasteiger charge is -2.34. The third-order valence-corrected chi connectivity index (χ3v) is 6.38. The molecule has 28 heavy (non-hydrogen) atoms. The maximum atomic E-state index is 12.1. The summed E-state index contributed by atoms with van der Waals surface area (Å²) in [6.07, 6.45) is 6.36. The van der Waals surface area contributed by atoms with Crippen molar-refractivity contribution in [1.82, 2.24) is 25.4 Å². The maximum absolute atomic E-state index is 12.1. The number of pyridine rings is 1. The highest BCUT2D eigenvalue weighted by Crippen LogP contribution is 2.25. The van der Waals surface area contributed by atoms with Crippen molar-refractivity contribution in [2.24, 2.45) is 0 Å². The minimum absolute atomic E-state index is 0.175. The quantitative estimate of drug-likeness (QED) is 0.801. The first kappa shape index (κ1) is 19.1. The molecule has 0 spiro atoms. The number of carbonyl (C=O) groups excluding carboxylic acids is 1. The van der Waals surface area contributed by atoms with Crippen LogP contribution in [-0.2, 0) is 6.54 Å². The summed E-state index contributed by atoms with van der Waals surface area (Å²) >= 11 is 1.44. The molecule has 1 saturated heterocycles. The maximum Gasteiger partial charge on any atom is 0.321 e. The molecule has 0 bridgehead atoms. The number of urea groups is 1. The smallest absolute Gasteiger partial charge is 0.321 e. The van der Waals surface area contributed by atoms with Gasteiger partial charge >= 0.3 is 6.03 Å². The SMILES string of the molecule is Cc1ncccc1CN1CCN(c2nnc(NC(=O)NC3CCCC3)s2)CC1. The highest BCUT2D eigenvalue weighted by molar-refractivity contribution is 7.19. The number of rotatable bonds is 5. The average molecular weight is 402 g/mol. The number of aromatic nitrogens is 3. The second kappa shape index (κ2) is 8.83. The van der Waals surface area contributed by atoms with E-state index >= 15 is 0 Å². The predicted molar refractivity (Wildman–Crippen MR) is 111 cm³/mol. The molecule has 0 atom stereocenters. The monoisotopic (exact) mass is 401 g/mol. The first-order valence-electron chi connectivity index (χ1n) is 9.96. The van der Waals surface area contributed by atoms with Gasteiger partial charge in [0, 0.05) is 50.7 Å². The van der Waals surface area contributed by atoms with E-state index in [9.17, 15) is 4.79 Å². The molecule has 0 unspecified atom stereocenters. The van der Waals surface area contributed by atoms with Crippen LogP contribution in [-0.4, -0.2) is 58.3 Å². The highest BCUT2D eigenvalue weighted by Gasteiger charge is 2.22. The number of aryl methyl sites for hydroxylation is 1. The van der Waals surface area contributed by atoms with E-state index in [2.05, 4.69) is 48.6 Å². The molecule has 4 rings (SSSR count). The van der Waals surface area contributed by atoms with Crippen LogP contribution >= 0.6 is 11.3 Å². The van der Waals surface area contributed by atoms with Crippen molar-refractivity contribution in [2.45, 2.75) is 45.2 Å². The molecule has 1 aliphatic carbocycles. The lowest BCUT2D eigenvalue weighted by molar-refractivity contribution is 0.248. The molecule has 150 valence electrons. The van der Waals surface area contributed by atoms with Crippen LogP contribution in [0.25, 0.3) is 0 Å². The molecule has 0 aromatic carbocycles. The summed E-state index contributed by atoms with van der Waals surface area (Å²) in [5, 5.41) is 15.7. The standard InChI is InChI=1S/C19H27N7OS/c1-14-15(5-4-8-20-14)13-25-9-11-26(12-10-25)19-24-23-18(28-19)22-17(27)21-16-6-2-3-7-16/h4-5,8,16H,2-3,6-7,9-13H2,1H3,(H2,21,22,23,27). The van der Waals surface area contributed by atoms with E-state index < -0.39 is 0 Å². The van der Waals surface area contributed by atoms with Crippen LogP contribution in [0.15, 0.2) is 18.3 Å². The van der Waals surface area contributed by atoms with Gasteiger partial charge in [-0.15, -0.1) is 10.2 Å². The van der Waals surface area contributed by atoms with Gasteiger partial charge in [0.25, 0.3) is 0 Å². The Kier molecular flexibility index (Phi) is 6.01. The second-order valence-corrected chi connectivity index (χ2v) is 8.44. The number of anilines is 2. The Morgan fingerprint density at radius 1 is 1.21 bits per heavy atom. The zero-order valence-corrected chi connectivity index (χ0v) is 17.0. The Hall–Kier alpha value is -2.26. The van der Waals surface area contributed by atoms with E-state index in [1.54, 1.807) is 0 Å². The minimum atomic E-state index is -0.175. The topological polar surface area (TPSA) is 86.3 Å². The summed E-state index contributed by atoms with van der Waals surface area (Å²) in [7, 11) is 0. The number of nitrogens with one attached hydrogen (secondary N) is 2. The van der Waals surface area contributed by atoms with Gasteiger partial charge in [-0.05, 0) is 31.4 Å². The van der Waals surface area contributed by atoms with E-state index in [1.807, 2.05) is 12.3 Å². The fourth-order valence-corrected chi connectivity index (χ4v) is 4.60. The first-order valence-corrected chi connectivity index (χ1v) is 10.8. The summed E-state index contributed by atoms with van der Waals surface area (Å²) in [5.41, 5.74) is 2.38. The summed E-state index contributed by atoms with van der Waals surface area (Å²) < 4.78 is 0. The van der Waals surface area contributed by atoms with Crippen LogP contribution in [0.3, 0.4) is 0 Å². The van der Waals surface area contributed by atoms with Gasteiger partial charge in [-0.1, -0.05) is 30.2 Å². The van der Waals surface area contributed by atoms with Gasteiger partial charge in [0.15, 0.2) is 0 Å². The molecule has 2 aromatic heterocycles. The van der Waals surface area contributed by atoms with Crippen LogP contribution in [0.2, 0.25) is 0 Å². The van der Waals surface area contributed by atoms with E-state index in [0.717, 1.165) is 56.4 Å². The number of amides is 2. The fraction of sp³-hybridized carbons (Fsp3) is 0.579. The molecule has 2 N–H and O–H groups in total. The fourth-order valence-electron chi connectivity index (χ4n) is 3.81. The first-order chi connectivity index (χ1) is 13.7. The Morgan fingerprint density at radius 2 is 2.00 bits per heavy atom. The lowest BCUT2D eigenvalue weighted by atomic mass is 10.2. The summed E-state index contributed by atoms with van der Waals surface area (Å²) in [6, 6.07) is 4.26. The van der Waals surface area contributed by atoms with Crippen LogP contribution < -0.4 is 15.5 Å². The Morgan fingerprint density at radius 3 is 2.75 bits per heavy atom. The Bertz CT molecular complexity index is 797. The number of hydrogen-bond donors (Lipinski definition) is 2. The zero-order valence-electron chi connectivity index (χ0n) is 16.2. The van der Waals surface area contributed by atoms with Gasteiger partial charge < -0.3 is 10.2 Å². The van der Waals surface area contributed by atoms with Gasteiger partial charge in [0.1, 0.15) is 0 Å². The number of nitrogens with zero attached hydrogens (tertiary/aromatic N) is 5.